The lowest BCUT2D eigenvalue weighted by Crippen LogP contribution is -2.32. The molecule has 1 unspecified atom stereocenters. The third-order valence-corrected chi connectivity index (χ3v) is 4.78. The molecule has 0 aliphatic carbocycles. The van der Waals surface area contributed by atoms with Crippen molar-refractivity contribution >= 4 is 23.6 Å². The topological polar surface area (TPSA) is 46.6 Å². The third kappa shape index (κ3) is 5.12. The first-order valence-corrected chi connectivity index (χ1v) is 8.93. The SMILES string of the molecule is CC(C)(C)OC(=O)CCN1C(=O)CSC1c1ccc(C(F)(F)F)c(F)c1. The summed E-state index contributed by atoms with van der Waals surface area (Å²) >= 11 is 1.17. The number of carbonyl (C=O) groups is 2. The number of rotatable bonds is 4. The molecule has 1 saturated heterocycles. The number of nitrogens with zero attached hydrogens (tertiary/aromatic N) is 1. The second-order valence-corrected chi connectivity index (χ2v) is 7.89. The largest absolute Gasteiger partial charge is 0.460 e. The van der Waals surface area contributed by atoms with E-state index < -0.39 is 34.5 Å². The Balaban J connectivity index is 2.12. The molecule has 0 saturated carbocycles. The first-order valence-electron chi connectivity index (χ1n) is 7.88. The van der Waals surface area contributed by atoms with Crippen molar-refractivity contribution in [2.24, 2.45) is 0 Å². The van der Waals surface area contributed by atoms with Gasteiger partial charge in [-0.25, -0.2) is 4.39 Å². The number of alkyl halides is 3. The van der Waals surface area contributed by atoms with Crippen molar-refractivity contribution in [1.82, 2.24) is 4.90 Å². The molecule has 0 aromatic heterocycles. The lowest BCUT2D eigenvalue weighted by molar-refractivity contribution is -0.155. The van der Waals surface area contributed by atoms with Crippen molar-refractivity contribution in [1.29, 1.82) is 0 Å². The number of esters is 1. The maximum absolute atomic E-state index is 13.8. The van der Waals surface area contributed by atoms with E-state index in [1.807, 2.05) is 0 Å². The zero-order valence-electron chi connectivity index (χ0n) is 14.5. The summed E-state index contributed by atoms with van der Waals surface area (Å²) in [6, 6.07) is 2.61. The van der Waals surface area contributed by atoms with E-state index in [1.54, 1.807) is 20.8 Å². The highest BCUT2D eigenvalue weighted by Crippen LogP contribution is 2.40. The van der Waals surface area contributed by atoms with Gasteiger partial charge in [-0.05, 0) is 38.5 Å². The van der Waals surface area contributed by atoms with Crippen LogP contribution in [-0.2, 0) is 20.5 Å². The summed E-state index contributed by atoms with van der Waals surface area (Å²) in [6.45, 7) is 5.20. The van der Waals surface area contributed by atoms with Gasteiger partial charge in [0.25, 0.3) is 0 Å². The Bertz CT molecular complexity index is 700. The maximum atomic E-state index is 13.8. The Labute approximate surface area is 152 Å². The van der Waals surface area contributed by atoms with Crippen molar-refractivity contribution < 1.29 is 31.9 Å². The van der Waals surface area contributed by atoms with Gasteiger partial charge in [0.2, 0.25) is 5.91 Å². The molecule has 1 aromatic carbocycles. The minimum absolute atomic E-state index is 0.0497. The van der Waals surface area contributed by atoms with E-state index in [9.17, 15) is 27.2 Å². The predicted octanol–water partition coefficient (Wildman–Crippen LogP) is 4.15. The van der Waals surface area contributed by atoms with Crippen molar-refractivity contribution in [3.05, 3.63) is 35.1 Å². The molecule has 0 N–H and O–H groups in total. The van der Waals surface area contributed by atoms with Gasteiger partial charge in [-0.3, -0.25) is 9.59 Å². The van der Waals surface area contributed by atoms with Crippen LogP contribution in [0.1, 0.15) is 43.7 Å². The first kappa shape index (κ1) is 20.5. The zero-order valence-corrected chi connectivity index (χ0v) is 15.3. The summed E-state index contributed by atoms with van der Waals surface area (Å²) < 4.78 is 57.0. The van der Waals surface area contributed by atoms with E-state index in [0.717, 1.165) is 12.1 Å². The number of benzene rings is 1. The minimum Gasteiger partial charge on any atom is -0.460 e. The van der Waals surface area contributed by atoms with Crippen LogP contribution >= 0.6 is 11.8 Å². The van der Waals surface area contributed by atoms with Gasteiger partial charge in [-0.15, -0.1) is 11.8 Å². The smallest absolute Gasteiger partial charge is 0.419 e. The lowest BCUT2D eigenvalue weighted by atomic mass is 10.1. The molecule has 1 atom stereocenters. The van der Waals surface area contributed by atoms with Crippen LogP contribution in [0.25, 0.3) is 0 Å². The fraction of sp³-hybridized carbons (Fsp3) is 0.529. The number of hydrogen-bond donors (Lipinski definition) is 0. The highest BCUT2D eigenvalue weighted by molar-refractivity contribution is 8.00. The summed E-state index contributed by atoms with van der Waals surface area (Å²) in [5, 5.41) is -0.637. The molecule has 1 amide bonds. The van der Waals surface area contributed by atoms with Crippen molar-refractivity contribution in [2.75, 3.05) is 12.3 Å². The van der Waals surface area contributed by atoms with Crippen molar-refractivity contribution in [3.63, 3.8) is 0 Å². The second-order valence-electron chi connectivity index (χ2n) is 6.82. The molecule has 0 spiro atoms. The number of amides is 1. The van der Waals surface area contributed by atoms with E-state index in [2.05, 4.69) is 0 Å². The normalized spacial score (nSPS) is 18.3. The van der Waals surface area contributed by atoms with Gasteiger partial charge in [0.1, 0.15) is 16.8 Å². The van der Waals surface area contributed by atoms with Gasteiger partial charge in [-0.1, -0.05) is 6.07 Å². The number of ether oxygens (including phenoxy) is 1. The lowest BCUT2D eigenvalue weighted by Gasteiger charge is -2.25. The predicted molar refractivity (Wildman–Crippen MR) is 88.8 cm³/mol. The maximum Gasteiger partial charge on any atom is 0.419 e. The standard InChI is InChI=1S/C17H19F4NO3S/c1-16(2,3)25-14(24)6-7-22-13(23)9-26-15(22)10-4-5-11(12(18)8-10)17(19,20)21/h4-5,8,15H,6-7,9H2,1-3H3. The fourth-order valence-electron chi connectivity index (χ4n) is 2.49. The molecule has 2 rings (SSSR count). The van der Waals surface area contributed by atoms with Crippen LogP contribution in [0.15, 0.2) is 18.2 Å². The monoisotopic (exact) mass is 393 g/mol. The molecule has 4 nitrogen and oxygen atoms in total. The Kier molecular flexibility index (Phi) is 5.89. The molecule has 1 aromatic rings. The second kappa shape index (κ2) is 7.46. The van der Waals surface area contributed by atoms with E-state index in [1.165, 1.54) is 16.7 Å². The highest BCUT2D eigenvalue weighted by Gasteiger charge is 2.37. The summed E-state index contributed by atoms with van der Waals surface area (Å²) in [7, 11) is 0. The summed E-state index contributed by atoms with van der Waals surface area (Å²) in [6.07, 6.45) is -4.83. The summed E-state index contributed by atoms with van der Waals surface area (Å²) in [5.41, 5.74) is -1.76. The fourth-order valence-corrected chi connectivity index (χ4v) is 3.70. The molecule has 9 heteroatoms. The van der Waals surface area contributed by atoms with Gasteiger partial charge in [0, 0.05) is 6.54 Å². The molecule has 1 fully saturated rings. The van der Waals surface area contributed by atoms with Crippen LogP contribution in [-0.4, -0.2) is 34.7 Å². The molecular formula is C17H19F4NO3S. The summed E-state index contributed by atoms with van der Waals surface area (Å²) in [5.74, 6) is -2.02. The minimum atomic E-state index is -4.78. The van der Waals surface area contributed by atoms with Crippen LogP contribution in [0.3, 0.4) is 0 Å². The first-order chi connectivity index (χ1) is 11.9. The molecule has 1 heterocycles. The molecular weight excluding hydrogens is 374 g/mol. The highest BCUT2D eigenvalue weighted by atomic mass is 32.2. The van der Waals surface area contributed by atoms with Crippen LogP contribution in [0.2, 0.25) is 0 Å². The van der Waals surface area contributed by atoms with Gasteiger partial charge in [0.15, 0.2) is 0 Å². The molecule has 1 aliphatic heterocycles. The van der Waals surface area contributed by atoms with Crippen LogP contribution in [0.4, 0.5) is 17.6 Å². The van der Waals surface area contributed by atoms with Crippen molar-refractivity contribution in [2.45, 2.75) is 44.3 Å². The van der Waals surface area contributed by atoms with Gasteiger partial charge >= 0.3 is 12.1 Å². The molecule has 26 heavy (non-hydrogen) atoms. The zero-order chi connectivity index (χ0) is 19.7. The van der Waals surface area contributed by atoms with Gasteiger partial charge in [-0.2, -0.15) is 13.2 Å². The molecule has 144 valence electrons. The van der Waals surface area contributed by atoms with E-state index in [0.29, 0.717) is 6.07 Å². The molecule has 0 bridgehead atoms. The Morgan fingerprint density at radius 3 is 2.50 bits per heavy atom. The number of carbonyl (C=O) groups excluding carboxylic acids is 2. The average Bonchev–Trinajstić information content (AvgIpc) is 2.83. The van der Waals surface area contributed by atoms with Crippen LogP contribution < -0.4 is 0 Å². The number of halogens is 4. The van der Waals surface area contributed by atoms with E-state index in [-0.39, 0.29) is 30.2 Å². The number of hydrogen-bond acceptors (Lipinski definition) is 4. The van der Waals surface area contributed by atoms with Gasteiger partial charge in [0.05, 0.1) is 17.7 Å². The van der Waals surface area contributed by atoms with E-state index in [4.69, 9.17) is 4.74 Å². The average molecular weight is 393 g/mol. The molecule has 0 radical (unpaired) electrons. The van der Waals surface area contributed by atoms with Gasteiger partial charge < -0.3 is 9.64 Å². The number of thioether (sulfide) groups is 1. The third-order valence-electron chi connectivity index (χ3n) is 3.53. The Hall–Kier alpha value is -1.77. The van der Waals surface area contributed by atoms with Crippen molar-refractivity contribution in [3.8, 4) is 0 Å². The Morgan fingerprint density at radius 1 is 1.31 bits per heavy atom. The van der Waals surface area contributed by atoms with Crippen LogP contribution in [0.5, 0.6) is 0 Å². The summed E-state index contributed by atoms with van der Waals surface area (Å²) in [4.78, 5) is 25.2. The Morgan fingerprint density at radius 2 is 1.96 bits per heavy atom. The van der Waals surface area contributed by atoms with Crippen LogP contribution in [0, 0.1) is 5.82 Å². The van der Waals surface area contributed by atoms with E-state index >= 15 is 0 Å². The quantitative estimate of drug-likeness (QED) is 0.570. The molecule has 1 aliphatic rings.